The van der Waals surface area contributed by atoms with Crippen molar-refractivity contribution in [3.63, 3.8) is 0 Å². The quantitative estimate of drug-likeness (QED) is 0.733. The van der Waals surface area contributed by atoms with Crippen molar-refractivity contribution in [2.45, 2.75) is 19.3 Å². The molecule has 0 unspecified atom stereocenters. The summed E-state index contributed by atoms with van der Waals surface area (Å²) in [7, 11) is 5.29. The SMILES string of the molecule is COc1ccc(N=N/C=C2/N(C)c3ccccc3C2(C)C)c(OC)c1. The van der Waals surface area contributed by atoms with Crippen LogP contribution in [0.3, 0.4) is 0 Å². The van der Waals surface area contributed by atoms with Gasteiger partial charge < -0.3 is 14.4 Å². The maximum absolute atomic E-state index is 5.36. The van der Waals surface area contributed by atoms with E-state index in [1.165, 1.54) is 11.3 Å². The molecule has 0 saturated heterocycles. The molecular formula is C20H23N3O2. The summed E-state index contributed by atoms with van der Waals surface area (Å²) in [5.41, 5.74) is 4.15. The predicted molar refractivity (Wildman–Crippen MR) is 100 cm³/mol. The maximum Gasteiger partial charge on any atom is 0.150 e. The van der Waals surface area contributed by atoms with Crippen molar-refractivity contribution in [3.8, 4) is 11.5 Å². The lowest BCUT2D eigenvalue weighted by Gasteiger charge is -2.22. The molecule has 0 atom stereocenters. The van der Waals surface area contributed by atoms with E-state index in [9.17, 15) is 0 Å². The first-order valence-electron chi connectivity index (χ1n) is 8.16. The number of rotatable bonds is 4. The van der Waals surface area contributed by atoms with Gasteiger partial charge >= 0.3 is 0 Å². The van der Waals surface area contributed by atoms with Crippen molar-refractivity contribution >= 4 is 11.4 Å². The van der Waals surface area contributed by atoms with Crippen LogP contribution >= 0.6 is 0 Å². The lowest BCUT2D eigenvalue weighted by Crippen LogP contribution is -2.22. The molecule has 1 heterocycles. The Labute approximate surface area is 148 Å². The van der Waals surface area contributed by atoms with Crippen molar-refractivity contribution in [2.24, 2.45) is 10.2 Å². The van der Waals surface area contributed by atoms with Crippen LogP contribution in [0.4, 0.5) is 11.4 Å². The average molecular weight is 337 g/mol. The van der Waals surface area contributed by atoms with Crippen molar-refractivity contribution in [1.29, 1.82) is 0 Å². The first kappa shape index (κ1) is 17.0. The number of hydrogen-bond acceptors (Lipinski definition) is 5. The van der Waals surface area contributed by atoms with Crippen LogP contribution in [-0.2, 0) is 5.41 Å². The molecule has 2 aromatic rings. The molecule has 1 aliphatic rings. The maximum atomic E-state index is 5.36. The number of hydrogen-bond donors (Lipinski definition) is 0. The van der Waals surface area contributed by atoms with Gasteiger partial charge in [0.2, 0.25) is 0 Å². The zero-order chi connectivity index (χ0) is 18.0. The van der Waals surface area contributed by atoms with Gasteiger partial charge in [-0.1, -0.05) is 32.0 Å². The molecule has 25 heavy (non-hydrogen) atoms. The van der Waals surface area contributed by atoms with Gasteiger partial charge in [0, 0.05) is 29.9 Å². The molecular weight excluding hydrogens is 314 g/mol. The summed E-state index contributed by atoms with van der Waals surface area (Å²) in [5.74, 6) is 1.35. The van der Waals surface area contributed by atoms with Gasteiger partial charge in [-0.25, -0.2) is 0 Å². The van der Waals surface area contributed by atoms with E-state index in [1.54, 1.807) is 20.3 Å². The highest BCUT2D eigenvalue weighted by Gasteiger charge is 2.38. The van der Waals surface area contributed by atoms with Crippen LogP contribution in [0, 0.1) is 0 Å². The van der Waals surface area contributed by atoms with Crippen LogP contribution in [0.15, 0.2) is 64.6 Å². The predicted octanol–water partition coefficient (Wildman–Crippen LogP) is 5.06. The minimum Gasteiger partial charge on any atom is -0.497 e. The highest BCUT2D eigenvalue weighted by Crippen LogP contribution is 2.46. The van der Waals surface area contributed by atoms with E-state index in [-0.39, 0.29) is 5.41 Å². The van der Waals surface area contributed by atoms with Crippen LogP contribution in [0.2, 0.25) is 0 Å². The first-order chi connectivity index (χ1) is 12.0. The normalized spacial score (nSPS) is 17.2. The highest BCUT2D eigenvalue weighted by molar-refractivity contribution is 5.69. The largest absolute Gasteiger partial charge is 0.497 e. The second kappa shape index (κ2) is 6.59. The van der Waals surface area contributed by atoms with Crippen molar-refractivity contribution in [1.82, 2.24) is 0 Å². The summed E-state index contributed by atoms with van der Waals surface area (Å²) < 4.78 is 10.6. The van der Waals surface area contributed by atoms with Crippen molar-refractivity contribution in [3.05, 3.63) is 59.9 Å². The Bertz CT molecular complexity index is 841. The van der Waals surface area contributed by atoms with E-state index in [0.717, 1.165) is 11.4 Å². The molecule has 0 aliphatic carbocycles. The Hall–Kier alpha value is -2.82. The third kappa shape index (κ3) is 2.97. The van der Waals surface area contributed by atoms with E-state index in [1.807, 2.05) is 18.3 Å². The molecule has 0 radical (unpaired) electrons. The fraction of sp³-hybridized carbons (Fsp3) is 0.300. The number of nitrogens with zero attached hydrogens (tertiary/aromatic N) is 3. The van der Waals surface area contributed by atoms with Gasteiger partial charge in [-0.2, -0.15) is 5.11 Å². The Balaban J connectivity index is 1.91. The number of anilines is 1. The van der Waals surface area contributed by atoms with Crippen LogP contribution in [-0.4, -0.2) is 21.3 Å². The third-order valence-corrected chi connectivity index (χ3v) is 4.67. The highest BCUT2D eigenvalue weighted by atomic mass is 16.5. The first-order valence-corrected chi connectivity index (χ1v) is 8.16. The Kier molecular flexibility index (Phi) is 4.49. The molecule has 0 spiro atoms. The second-order valence-corrected chi connectivity index (χ2v) is 6.47. The number of allylic oxidation sites excluding steroid dienone is 1. The molecule has 0 N–H and O–H groups in total. The number of para-hydroxylation sites is 1. The van der Waals surface area contributed by atoms with Crippen LogP contribution in [0.5, 0.6) is 11.5 Å². The molecule has 0 saturated carbocycles. The standard InChI is InChI=1S/C20H23N3O2/c1-20(2)15-8-6-7-9-17(15)23(3)19(20)13-21-22-16-11-10-14(24-4)12-18(16)25-5/h6-13H,1-5H3/b19-13+,22-21?. The van der Waals surface area contributed by atoms with Gasteiger partial charge in [-0.05, 0) is 23.8 Å². The third-order valence-electron chi connectivity index (χ3n) is 4.67. The molecule has 1 aliphatic heterocycles. The topological polar surface area (TPSA) is 46.4 Å². The zero-order valence-electron chi connectivity index (χ0n) is 15.3. The fourth-order valence-electron chi connectivity index (χ4n) is 3.24. The molecule has 2 aromatic carbocycles. The molecule has 3 rings (SSSR count). The summed E-state index contributed by atoms with van der Waals surface area (Å²) in [6, 6.07) is 13.9. The number of azo groups is 1. The van der Waals surface area contributed by atoms with Crippen LogP contribution in [0.25, 0.3) is 0 Å². The average Bonchev–Trinajstić information content (AvgIpc) is 2.82. The number of ether oxygens (including phenoxy) is 2. The smallest absolute Gasteiger partial charge is 0.150 e. The van der Waals surface area contributed by atoms with Gasteiger partial charge in [0.05, 0.1) is 20.4 Å². The van der Waals surface area contributed by atoms with E-state index < -0.39 is 0 Å². The monoisotopic (exact) mass is 337 g/mol. The van der Waals surface area contributed by atoms with Crippen LogP contribution < -0.4 is 14.4 Å². The molecule has 5 nitrogen and oxygen atoms in total. The number of likely N-dealkylation sites (N-methyl/N-ethyl adjacent to an activating group) is 1. The molecule has 0 aromatic heterocycles. The lowest BCUT2D eigenvalue weighted by molar-refractivity contribution is 0.395. The number of methoxy groups -OCH3 is 2. The Morgan fingerprint density at radius 1 is 1.04 bits per heavy atom. The Morgan fingerprint density at radius 3 is 2.48 bits per heavy atom. The van der Waals surface area contributed by atoms with Gasteiger partial charge in [0.15, 0.2) is 0 Å². The Morgan fingerprint density at radius 2 is 1.80 bits per heavy atom. The summed E-state index contributed by atoms with van der Waals surface area (Å²) in [4.78, 5) is 2.17. The number of fused-ring (bicyclic) bond motifs is 1. The molecule has 0 fully saturated rings. The lowest BCUT2D eigenvalue weighted by atomic mass is 9.84. The minimum absolute atomic E-state index is 0.117. The van der Waals surface area contributed by atoms with Gasteiger partial charge in [-0.3, -0.25) is 0 Å². The molecule has 0 amide bonds. The molecule has 0 bridgehead atoms. The summed E-state index contributed by atoms with van der Waals surface area (Å²) >= 11 is 0. The van der Waals surface area contributed by atoms with E-state index in [0.29, 0.717) is 11.4 Å². The summed E-state index contributed by atoms with van der Waals surface area (Å²) in [6.07, 6.45) is 1.82. The second-order valence-electron chi connectivity index (χ2n) is 6.47. The van der Waals surface area contributed by atoms with Gasteiger partial charge in [-0.15, -0.1) is 5.11 Å². The van der Waals surface area contributed by atoms with Crippen LogP contribution in [0.1, 0.15) is 19.4 Å². The van der Waals surface area contributed by atoms with Crippen molar-refractivity contribution < 1.29 is 9.47 Å². The van der Waals surface area contributed by atoms with Gasteiger partial charge in [0.1, 0.15) is 17.2 Å². The van der Waals surface area contributed by atoms with E-state index >= 15 is 0 Å². The minimum atomic E-state index is -0.117. The van der Waals surface area contributed by atoms with E-state index in [2.05, 4.69) is 60.3 Å². The zero-order valence-corrected chi connectivity index (χ0v) is 15.3. The van der Waals surface area contributed by atoms with Gasteiger partial charge in [0.25, 0.3) is 0 Å². The molecule has 130 valence electrons. The number of benzene rings is 2. The molecule has 5 heteroatoms. The fourth-order valence-corrected chi connectivity index (χ4v) is 3.24. The van der Waals surface area contributed by atoms with E-state index in [4.69, 9.17) is 9.47 Å². The summed E-state index contributed by atoms with van der Waals surface area (Å²) in [5, 5.41) is 8.64. The summed E-state index contributed by atoms with van der Waals surface area (Å²) in [6.45, 7) is 4.40. The van der Waals surface area contributed by atoms with Crippen molar-refractivity contribution in [2.75, 3.05) is 26.2 Å².